The first kappa shape index (κ1) is 13.6. The molecule has 0 radical (unpaired) electrons. The van der Waals surface area contributed by atoms with Crippen LogP contribution in [0.25, 0.3) is 5.70 Å². The molecule has 1 fully saturated rings. The fourth-order valence-electron chi connectivity index (χ4n) is 2.49. The number of amides is 2. The molecule has 3 rings (SSSR count). The fourth-order valence-corrected chi connectivity index (χ4v) is 2.49. The van der Waals surface area contributed by atoms with Gasteiger partial charge in [-0.25, -0.2) is 0 Å². The van der Waals surface area contributed by atoms with Gasteiger partial charge in [0.15, 0.2) is 5.66 Å². The second kappa shape index (κ2) is 5.21. The van der Waals surface area contributed by atoms with Crippen LogP contribution in [0.4, 0.5) is 0 Å². The van der Waals surface area contributed by atoms with Gasteiger partial charge in [0.1, 0.15) is 0 Å². The van der Waals surface area contributed by atoms with Gasteiger partial charge in [0.25, 0.3) is 0 Å². The Kier molecular flexibility index (Phi) is 3.39. The zero-order valence-electron chi connectivity index (χ0n) is 11.7. The van der Waals surface area contributed by atoms with E-state index in [9.17, 15) is 9.59 Å². The van der Waals surface area contributed by atoms with E-state index in [1.165, 1.54) is 0 Å². The van der Waals surface area contributed by atoms with Crippen LogP contribution in [0.5, 0.6) is 0 Å². The lowest BCUT2D eigenvalue weighted by atomic mass is 10.0. The van der Waals surface area contributed by atoms with E-state index in [0.717, 1.165) is 11.3 Å². The first-order chi connectivity index (χ1) is 10.1. The quantitative estimate of drug-likeness (QED) is 0.827. The molecular weight excluding hydrogens is 268 g/mol. The topological polar surface area (TPSA) is 82.9 Å². The maximum atomic E-state index is 11.8. The Morgan fingerprint density at radius 3 is 2.76 bits per heavy atom. The molecule has 21 heavy (non-hydrogen) atoms. The molecule has 0 aromatic heterocycles. The standard InChI is InChI=1S/C15H16N4O2/c1-15(17-11-7-8-13(20)16-14(11)21)9-12(18-19-15)10-5-3-2-4-6-10/h2-6,9,11,17H,7-8H2,1H3,(H,16,20,21). The first-order valence-corrected chi connectivity index (χ1v) is 6.88. The molecule has 0 bridgehead atoms. The van der Waals surface area contributed by atoms with E-state index >= 15 is 0 Å². The molecule has 2 aliphatic heterocycles. The van der Waals surface area contributed by atoms with Gasteiger partial charge in [-0.3, -0.25) is 20.2 Å². The largest absolute Gasteiger partial charge is 0.295 e. The summed E-state index contributed by atoms with van der Waals surface area (Å²) in [5.41, 5.74) is 1.03. The average Bonchev–Trinajstić information content (AvgIpc) is 2.86. The Hall–Kier alpha value is -2.34. The van der Waals surface area contributed by atoms with Crippen molar-refractivity contribution in [1.82, 2.24) is 10.6 Å². The number of nitrogens with zero attached hydrogens (tertiary/aromatic N) is 2. The molecule has 2 aliphatic rings. The highest BCUT2D eigenvalue weighted by Crippen LogP contribution is 2.29. The van der Waals surface area contributed by atoms with Gasteiger partial charge in [-0.1, -0.05) is 30.3 Å². The highest BCUT2D eigenvalue weighted by atomic mass is 16.2. The fraction of sp³-hybridized carbons (Fsp3) is 0.333. The Morgan fingerprint density at radius 2 is 2.05 bits per heavy atom. The molecule has 2 heterocycles. The lowest BCUT2D eigenvalue weighted by molar-refractivity contribution is -0.135. The molecule has 0 saturated carbocycles. The summed E-state index contributed by atoms with van der Waals surface area (Å²) < 4.78 is 0. The second-order valence-electron chi connectivity index (χ2n) is 5.39. The third kappa shape index (κ3) is 2.90. The Labute approximate surface area is 122 Å². The molecule has 2 N–H and O–H groups in total. The van der Waals surface area contributed by atoms with Crippen molar-refractivity contribution in [3.63, 3.8) is 0 Å². The van der Waals surface area contributed by atoms with Crippen molar-refractivity contribution < 1.29 is 9.59 Å². The normalized spacial score (nSPS) is 28.4. The highest BCUT2D eigenvalue weighted by molar-refractivity contribution is 6.00. The molecular formula is C15H16N4O2. The van der Waals surface area contributed by atoms with Crippen molar-refractivity contribution in [2.45, 2.75) is 31.5 Å². The molecule has 1 saturated heterocycles. The third-order valence-corrected chi connectivity index (χ3v) is 3.56. The van der Waals surface area contributed by atoms with Gasteiger partial charge < -0.3 is 0 Å². The Morgan fingerprint density at radius 1 is 1.29 bits per heavy atom. The van der Waals surface area contributed by atoms with Gasteiger partial charge in [0, 0.05) is 12.0 Å². The number of azo groups is 1. The van der Waals surface area contributed by atoms with Crippen LogP contribution in [-0.2, 0) is 9.59 Å². The molecule has 6 nitrogen and oxygen atoms in total. The molecule has 2 amide bonds. The maximum absolute atomic E-state index is 11.8. The zero-order chi connectivity index (χ0) is 14.9. The molecule has 108 valence electrons. The van der Waals surface area contributed by atoms with Crippen molar-refractivity contribution in [3.8, 4) is 0 Å². The summed E-state index contributed by atoms with van der Waals surface area (Å²) in [4.78, 5) is 23.0. The van der Waals surface area contributed by atoms with Crippen LogP contribution >= 0.6 is 0 Å². The Balaban J connectivity index is 1.75. The molecule has 0 spiro atoms. The number of carbonyl (C=O) groups excluding carboxylic acids is 2. The molecule has 0 aliphatic carbocycles. The van der Waals surface area contributed by atoms with Crippen molar-refractivity contribution in [2.24, 2.45) is 10.2 Å². The predicted octanol–water partition coefficient (Wildman–Crippen LogP) is 1.60. The first-order valence-electron chi connectivity index (χ1n) is 6.88. The number of hydrogen-bond acceptors (Lipinski definition) is 5. The van der Waals surface area contributed by atoms with E-state index in [4.69, 9.17) is 0 Å². The SMILES string of the molecule is CC1(NC2CCC(=O)NC2=O)C=C(c2ccccc2)N=N1. The van der Waals surface area contributed by atoms with Crippen molar-refractivity contribution >= 4 is 17.5 Å². The lowest BCUT2D eigenvalue weighted by Crippen LogP contribution is -2.56. The summed E-state index contributed by atoms with van der Waals surface area (Å²) >= 11 is 0. The number of piperidine rings is 1. The van der Waals surface area contributed by atoms with Gasteiger partial charge >= 0.3 is 0 Å². The Bertz CT molecular complexity index is 638. The molecule has 2 atom stereocenters. The number of hydrogen-bond donors (Lipinski definition) is 2. The summed E-state index contributed by atoms with van der Waals surface area (Å²) in [5, 5.41) is 13.9. The van der Waals surface area contributed by atoms with E-state index < -0.39 is 11.7 Å². The van der Waals surface area contributed by atoms with Crippen molar-refractivity contribution in [2.75, 3.05) is 0 Å². The second-order valence-corrected chi connectivity index (χ2v) is 5.39. The van der Waals surface area contributed by atoms with Crippen molar-refractivity contribution in [3.05, 3.63) is 42.0 Å². The highest BCUT2D eigenvalue weighted by Gasteiger charge is 2.35. The van der Waals surface area contributed by atoms with Gasteiger partial charge in [0.2, 0.25) is 11.8 Å². The van der Waals surface area contributed by atoms with E-state index in [2.05, 4.69) is 20.9 Å². The van der Waals surface area contributed by atoms with Crippen LogP contribution in [-0.4, -0.2) is 23.5 Å². The minimum absolute atomic E-state index is 0.225. The van der Waals surface area contributed by atoms with Crippen LogP contribution < -0.4 is 10.6 Å². The van der Waals surface area contributed by atoms with Crippen LogP contribution in [0.15, 0.2) is 46.6 Å². The number of benzene rings is 1. The number of carbonyl (C=O) groups is 2. The smallest absolute Gasteiger partial charge is 0.243 e. The monoisotopic (exact) mass is 284 g/mol. The number of rotatable bonds is 3. The molecule has 6 heteroatoms. The van der Waals surface area contributed by atoms with Gasteiger partial charge in [-0.2, -0.15) is 10.2 Å². The van der Waals surface area contributed by atoms with E-state index in [-0.39, 0.29) is 11.8 Å². The van der Waals surface area contributed by atoms with Gasteiger partial charge in [-0.15, -0.1) is 0 Å². The number of nitrogens with one attached hydrogen (secondary N) is 2. The van der Waals surface area contributed by atoms with Crippen LogP contribution in [0, 0.1) is 0 Å². The van der Waals surface area contributed by atoms with Crippen molar-refractivity contribution in [1.29, 1.82) is 0 Å². The molecule has 1 aromatic carbocycles. The summed E-state index contributed by atoms with van der Waals surface area (Å²) in [7, 11) is 0. The van der Waals surface area contributed by atoms with Crippen LogP contribution in [0.3, 0.4) is 0 Å². The average molecular weight is 284 g/mol. The number of imide groups is 1. The minimum atomic E-state index is -0.729. The van der Waals surface area contributed by atoms with E-state index in [1.807, 2.05) is 43.3 Å². The minimum Gasteiger partial charge on any atom is -0.295 e. The lowest BCUT2D eigenvalue weighted by Gasteiger charge is -2.28. The van der Waals surface area contributed by atoms with E-state index in [1.54, 1.807) is 0 Å². The third-order valence-electron chi connectivity index (χ3n) is 3.56. The molecule has 1 aromatic rings. The van der Waals surface area contributed by atoms with Crippen LogP contribution in [0.1, 0.15) is 25.3 Å². The summed E-state index contributed by atoms with van der Waals surface area (Å²) in [5.74, 6) is -0.527. The molecule has 2 unspecified atom stereocenters. The maximum Gasteiger partial charge on any atom is 0.243 e. The zero-order valence-corrected chi connectivity index (χ0v) is 11.7. The predicted molar refractivity (Wildman–Crippen MR) is 77.0 cm³/mol. The summed E-state index contributed by atoms with van der Waals surface area (Å²) in [6.07, 6.45) is 2.71. The van der Waals surface area contributed by atoms with Crippen LogP contribution in [0.2, 0.25) is 0 Å². The van der Waals surface area contributed by atoms with E-state index in [0.29, 0.717) is 12.8 Å². The van der Waals surface area contributed by atoms with Gasteiger partial charge in [0.05, 0.1) is 11.7 Å². The van der Waals surface area contributed by atoms with Gasteiger partial charge in [-0.05, 0) is 19.4 Å². The summed E-state index contributed by atoms with van der Waals surface area (Å²) in [6.45, 7) is 1.86. The summed E-state index contributed by atoms with van der Waals surface area (Å²) in [6, 6.07) is 9.31.